The molecule has 0 aliphatic carbocycles. The summed E-state index contributed by atoms with van der Waals surface area (Å²) in [4.78, 5) is 27.3. The average Bonchev–Trinajstić information content (AvgIpc) is 3.32. The van der Waals surface area contributed by atoms with Crippen LogP contribution in [0.2, 0.25) is 0 Å². The smallest absolute Gasteiger partial charge is 0.252 e. The Hall–Kier alpha value is -2.08. The maximum absolute atomic E-state index is 12.8. The fraction of sp³-hybridized carbons (Fsp3) is 0.579. The molecule has 1 N–H and O–H groups in total. The molecule has 6 heteroatoms. The van der Waals surface area contributed by atoms with Gasteiger partial charge in [0.1, 0.15) is 17.9 Å². The standard InChI is InChI=1S/C19H24N2O4/c22-18(20-14-6-7-16-13(12-14)8-11-25-16)15-4-1-2-9-21(15)19(23)17-5-3-10-24-17/h6-7,12,15,17H,1-5,8-11H2,(H,20,22)/t15-,17-/m0/s1. The number of carbonyl (C=O) groups excluding carboxylic acids is 2. The zero-order valence-corrected chi connectivity index (χ0v) is 14.3. The second-order valence-electron chi connectivity index (χ2n) is 6.96. The van der Waals surface area contributed by atoms with Gasteiger partial charge in [0.25, 0.3) is 5.91 Å². The first-order chi connectivity index (χ1) is 12.2. The molecule has 2 fully saturated rings. The molecule has 4 rings (SSSR count). The largest absolute Gasteiger partial charge is 0.493 e. The van der Waals surface area contributed by atoms with Crippen molar-refractivity contribution in [2.75, 3.05) is 25.1 Å². The predicted molar refractivity (Wildman–Crippen MR) is 92.6 cm³/mol. The molecule has 0 saturated carbocycles. The zero-order valence-electron chi connectivity index (χ0n) is 14.3. The highest BCUT2D eigenvalue weighted by atomic mass is 16.5. The van der Waals surface area contributed by atoms with Gasteiger partial charge in [-0.1, -0.05) is 0 Å². The number of piperidine rings is 1. The fourth-order valence-corrected chi connectivity index (χ4v) is 3.92. The quantitative estimate of drug-likeness (QED) is 0.912. The van der Waals surface area contributed by atoms with Crippen molar-refractivity contribution in [3.05, 3.63) is 23.8 Å². The molecule has 134 valence electrons. The van der Waals surface area contributed by atoms with Crippen molar-refractivity contribution in [3.8, 4) is 5.75 Å². The number of benzene rings is 1. The van der Waals surface area contributed by atoms with Crippen molar-refractivity contribution in [1.29, 1.82) is 0 Å². The normalized spacial score (nSPS) is 25.4. The number of rotatable bonds is 3. The number of hydrogen-bond donors (Lipinski definition) is 1. The first kappa shape index (κ1) is 16.4. The number of likely N-dealkylation sites (tertiary alicyclic amines) is 1. The molecule has 2 saturated heterocycles. The van der Waals surface area contributed by atoms with Gasteiger partial charge in [-0.05, 0) is 55.9 Å². The second kappa shape index (κ2) is 7.04. The van der Waals surface area contributed by atoms with Gasteiger partial charge in [0.2, 0.25) is 5.91 Å². The molecule has 1 aromatic carbocycles. The molecular weight excluding hydrogens is 320 g/mol. The van der Waals surface area contributed by atoms with Crippen LogP contribution in [0.25, 0.3) is 0 Å². The Morgan fingerprint density at radius 1 is 1.12 bits per heavy atom. The molecule has 0 aromatic heterocycles. The molecule has 2 amide bonds. The first-order valence-corrected chi connectivity index (χ1v) is 9.21. The fourth-order valence-electron chi connectivity index (χ4n) is 3.92. The lowest BCUT2D eigenvalue weighted by Gasteiger charge is -2.36. The van der Waals surface area contributed by atoms with Gasteiger partial charge < -0.3 is 19.7 Å². The molecule has 2 atom stereocenters. The Balaban J connectivity index is 1.46. The van der Waals surface area contributed by atoms with Crippen LogP contribution in [0.3, 0.4) is 0 Å². The summed E-state index contributed by atoms with van der Waals surface area (Å²) in [6.45, 7) is 1.96. The minimum absolute atomic E-state index is 0.0281. The molecule has 0 spiro atoms. The highest BCUT2D eigenvalue weighted by Gasteiger charge is 2.37. The lowest BCUT2D eigenvalue weighted by molar-refractivity contribution is -0.148. The summed E-state index contributed by atoms with van der Waals surface area (Å²) >= 11 is 0. The van der Waals surface area contributed by atoms with Gasteiger partial charge in [-0.2, -0.15) is 0 Å². The monoisotopic (exact) mass is 344 g/mol. The van der Waals surface area contributed by atoms with Gasteiger partial charge >= 0.3 is 0 Å². The van der Waals surface area contributed by atoms with Crippen LogP contribution in [0.4, 0.5) is 5.69 Å². The third-order valence-electron chi connectivity index (χ3n) is 5.25. The van der Waals surface area contributed by atoms with Gasteiger partial charge in [0.15, 0.2) is 0 Å². The molecular formula is C19H24N2O4. The Morgan fingerprint density at radius 3 is 2.88 bits per heavy atom. The Morgan fingerprint density at radius 2 is 2.04 bits per heavy atom. The van der Waals surface area contributed by atoms with E-state index in [0.29, 0.717) is 26.2 Å². The number of ether oxygens (including phenoxy) is 2. The Kier molecular flexibility index (Phi) is 4.61. The number of hydrogen-bond acceptors (Lipinski definition) is 4. The van der Waals surface area contributed by atoms with Crippen LogP contribution in [0.5, 0.6) is 5.75 Å². The number of nitrogens with zero attached hydrogens (tertiary/aromatic N) is 1. The summed E-state index contributed by atoms with van der Waals surface area (Å²) in [5.41, 5.74) is 1.89. The van der Waals surface area contributed by atoms with E-state index in [1.54, 1.807) is 4.90 Å². The molecule has 3 heterocycles. The van der Waals surface area contributed by atoms with Crippen molar-refractivity contribution in [2.24, 2.45) is 0 Å². The second-order valence-corrected chi connectivity index (χ2v) is 6.96. The SMILES string of the molecule is O=C(Nc1ccc2c(c1)CCO2)[C@@H]1CCCCN1C(=O)[C@@H]1CCCO1. The highest BCUT2D eigenvalue weighted by Crippen LogP contribution is 2.29. The van der Waals surface area contributed by atoms with E-state index in [1.165, 1.54) is 0 Å². The lowest BCUT2D eigenvalue weighted by Crippen LogP contribution is -2.52. The third kappa shape index (κ3) is 3.35. The molecule has 6 nitrogen and oxygen atoms in total. The highest BCUT2D eigenvalue weighted by molar-refractivity contribution is 5.98. The van der Waals surface area contributed by atoms with Gasteiger partial charge in [-0.15, -0.1) is 0 Å². The van der Waals surface area contributed by atoms with Crippen molar-refractivity contribution < 1.29 is 19.1 Å². The number of nitrogens with one attached hydrogen (secondary N) is 1. The maximum Gasteiger partial charge on any atom is 0.252 e. The Bertz CT molecular complexity index is 669. The average molecular weight is 344 g/mol. The number of carbonyl (C=O) groups is 2. The summed E-state index contributed by atoms with van der Waals surface area (Å²) in [5.74, 6) is 0.760. The molecule has 0 unspecified atom stereocenters. The molecule has 0 radical (unpaired) electrons. The minimum atomic E-state index is -0.407. The van der Waals surface area contributed by atoms with Crippen molar-refractivity contribution in [3.63, 3.8) is 0 Å². The molecule has 3 aliphatic rings. The Labute approximate surface area is 147 Å². The van der Waals surface area contributed by atoms with Crippen LogP contribution in [-0.2, 0) is 20.7 Å². The number of fused-ring (bicyclic) bond motifs is 1. The van der Waals surface area contributed by atoms with Crippen LogP contribution in [0, 0.1) is 0 Å². The summed E-state index contributed by atoms with van der Waals surface area (Å²) in [5, 5.41) is 2.99. The molecule has 0 bridgehead atoms. The van der Waals surface area contributed by atoms with E-state index in [-0.39, 0.29) is 17.9 Å². The lowest BCUT2D eigenvalue weighted by atomic mass is 10.00. The van der Waals surface area contributed by atoms with Gasteiger partial charge in [0, 0.05) is 25.3 Å². The van der Waals surface area contributed by atoms with E-state index in [4.69, 9.17) is 9.47 Å². The van der Waals surface area contributed by atoms with Crippen molar-refractivity contribution in [2.45, 2.75) is 50.7 Å². The van der Waals surface area contributed by atoms with Crippen molar-refractivity contribution in [1.82, 2.24) is 4.90 Å². The van der Waals surface area contributed by atoms with E-state index in [1.807, 2.05) is 18.2 Å². The van der Waals surface area contributed by atoms with E-state index < -0.39 is 6.04 Å². The van der Waals surface area contributed by atoms with E-state index >= 15 is 0 Å². The summed E-state index contributed by atoms with van der Waals surface area (Å²) < 4.78 is 11.0. The third-order valence-corrected chi connectivity index (χ3v) is 5.25. The van der Waals surface area contributed by atoms with E-state index in [2.05, 4.69) is 5.32 Å². The summed E-state index contributed by atoms with van der Waals surface area (Å²) in [7, 11) is 0. The first-order valence-electron chi connectivity index (χ1n) is 9.21. The maximum atomic E-state index is 12.8. The summed E-state index contributed by atoms with van der Waals surface area (Å²) in [6.07, 6.45) is 4.78. The zero-order chi connectivity index (χ0) is 17.2. The molecule has 3 aliphatic heterocycles. The minimum Gasteiger partial charge on any atom is -0.493 e. The molecule has 1 aromatic rings. The predicted octanol–water partition coefficient (Wildman–Crippen LogP) is 2.12. The van der Waals surface area contributed by atoms with Crippen LogP contribution in [0.1, 0.15) is 37.7 Å². The van der Waals surface area contributed by atoms with Crippen LogP contribution >= 0.6 is 0 Å². The van der Waals surface area contributed by atoms with Gasteiger partial charge in [-0.3, -0.25) is 9.59 Å². The topological polar surface area (TPSA) is 67.9 Å². The van der Waals surface area contributed by atoms with E-state index in [0.717, 1.165) is 49.1 Å². The van der Waals surface area contributed by atoms with Gasteiger partial charge in [-0.25, -0.2) is 0 Å². The van der Waals surface area contributed by atoms with Gasteiger partial charge in [0.05, 0.1) is 6.61 Å². The number of anilines is 1. The summed E-state index contributed by atoms with van der Waals surface area (Å²) in [6, 6.07) is 5.32. The number of amides is 2. The molecule has 25 heavy (non-hydrogen) atoms. The van der Waals surface area contributed by atoms with Crippen molar-refractivity contribution >= 4 is 17.5 Å². The van der Waals surface area contributed by atoms with Crippen LogP contribution in [0.15, 0.2) is 18.2 Å². The van der Waals surface area contributed by atoms with Crippen LogP contribution < -0.4 is 10.1 Å². The van der Waals surface area contributed by atoms with E-state index in [9.17, 15) is 9.59 Å². The van der Waals surface area contributed by atoms with Crippen LogP contribution in [-0.4, -0.2) is 48.6 Å².